The van der Waals surface area contributed by atoms with Crippen molar-refractivity contribution in [3.05, 3.63) is 45.6 Å². The molecule has 2 heterocycles. The number of rotatable bonds is 2. The molecular formula is C14H8ClF3N2O2S. The van der Waals surface area contributed by atoms with Crippen molar-refractivity contribution < 1.29 is 23.1 Å². The lowest BCUT2D eigenvalue weighted by molar-refractivity contribution is -0.142. The summed E-state index contributed by atoms with van der Waals surface area (Å²) >= 11 is 6.42. The van der Waals surface area contributed by atoms with Gasteiger partial charge in [0, 0.05) is 16.8 Å². The van der Waals surface area contributed by atoms with Crippen LogP contribution in [0.1, 0.15) is 20.9 Å². The number of imidazole rings is 1. The van der Waals surface area contributed by atoms with Crippen LogP contribution in [0.3, 0.4) is 0 Å². The monoisotopic (exact) mass is 360 g/mol. The van der Waals surface area contributed by atoms with Crippen molar-refractivity contribution in [2.45, 2.75) is 13.1 Å². The summed E-state index contributed by atoms with van der Waals surface area (Å²) in [6, 6.07) is 4.99. The number of carboxylic acids is 1. The summed E-state index contributed by atoms with van der Waals surface area (Å²) in [5.74, 6) is -1.63. The van der Waals surface area contributed by atoms with Crippen molar-refractivity contribution >= 4 is 33.9 Å². The van der Waals surface area contributed by atoms with Crippen LogP contribution < -0.4 is 0 Å². The molecular weight excluding hydrogens is 353 g/mol. The van der Waals surface area contributed by atoms with Crippen molar-refractivity contribution in [3.63, 3.8) is 0 Å². The van der Waals surface area contributed by atoms with Gasteiger partial charge in [0.1, 0.15) is 4.88 Å². The van der Waals surface area contributed by atoms with Crippen molar-refractivity contribution in [2.24, 2.45) is 0 Å². The number of aromatic carboxylic acids is 1. The van der Waals surface area contributed by atoms with Gasteiger partial charge in [0.15, 0.2) is 10.7 Å². The van der Waals surface area contributed by atoms with Crippen LogP contribution in [-0.2, 0) is 6.18 Å². The highest BCUT2D eigenvalue weighted by Gasteiger charge is 2.40. The highest BCUT2D eigenvalue weighted by molar-refractivity contribution is 7.19. The van der Waals surface area contributed by atoms with E-state index in [0.717, 1.165) is 9.96 Å². The molecule has 0 atom stereocenters. The Balaban J connectivity index is 2.22. The zero-order valence-electron chi connectivity index (χ0n) is 11.5. The van der Waals surface area contributed by atoms with Crippen LogP contribution >= 0.6 is 22.9 Å². The number of aromatic nitrogens is 2. The number of carbonyl (C=O) groups is 1. The average Bonchev–Trinajstić information content (AvgIpc) is 2.97. The molecule has 0 spiro atoms. The van der Waals surface area contributed by atoms with Gasteiger partial charge in [0.2, 0.25) is 0 Å². The molecule has 0 radical (unpaired) electrons. The Morgan fingerprint density at radius 2 is 2.09 bits per heavy atom. The smallest absolute Gasteiger partial charge is 0.433 e. The quantitative estimate of drug-likeness (QED) is 0.718. The van der Waals surface area contributed by atoms with E-state index in [1.54, 1.807) is 25.1 Å². The Morgan fingerprint density at radius 3 is 2.65 bits per heavy atom. The van der Waals surface area contributed by atoms with Crippen molar-refractivity contribution in [2.75, 3.05) is 0 Å². The zero-order valence-corrected chi connectivity index (χ0v) is 13.1. The minimum absolute atomic E-state index is 0.0303. The SMILES string of the molecule is Cc1cc(-c2cn3c(C(F)(F)F)c(C(=O)O)sc3n2)ccc1Cl. The standard InChI is InChI=1S/C14H8ClF3N2O2S/c1-6-4-7(2-3-8(6)15)9-5-20-11(14(16,17)18)10(12(21)22)23-13(20)19-9/h2-5H,1H3,(H,21,22). The van der Waals surface area contributed by atoms with E-state index in [0.29, 0.717) is 27.6 Å². The number of nitrogens with zero attached hydrogens (tertiary/aromatic N) is 2. The fourth-order valence-corrected chi connectivity index (χ4v) is 3.28. The van der Waals surface area contributed by atoms with E-state index >= 15 is 0 Å². The lowest BCUT2D eigenvalue weighted by Crippen LogP contribution is -2.13. The first-order chi connectivity index (χ1) is 10.7. The van der Waals surface area contributed by atoms with Crippen molar-refractivity contribution in [3.8, 4) is 11.3 Å². The maximum absolute atomic E-state index is 13.2. The predicted molar refractivity (Wildman–Crippen MR) is 80.2 cm³/mol. The van der Waals surface area contributed by atoms with Gasteiger partial charge in [0.25, 0.3) is 0 Å². The van der Waals surface area contributed by atoms with Gasteiger partial charge in [-0.25, -0.2) is 9.78 Å². The van der Waals surface area contributed by atoms with Crippen molar-refractivity contribution in [1.82, 2.24) is 9.38 Å². The second-order valence-corrected chi connectivity index (χ2v) is 6.21. The Kier molecular flexibility index (Phi) is 3.61. The van der Waals surface area contributed by atoms with Crippen LogP contribution in [0.2, 0.25) is 5.02 Å². The Labute approximate surface area is 136 Å². The third kappa shape index (κ3) is 2.68. The first kappa shape index (κ1) is 15.8. The molecule has 0 aliphatic carbocycles. The summed E-state index contributed by atoms with van der Waals surface area (Å²) < 4.78 is 40.3. The molecule has 0 amide bonds. The molecule has 3 rings (SSSR count). The van der Waals surface area contributed by atoms with Gasteiger partial charge in [0.05, 0.1) is 5.69 Å². The highest BCUT2D eigenvalue weighted by atomic mass is 35.5. The van der Waals surface area contributed by atoms with Crippen LogP contribution in [0.5, 0.6) is 0 Å². The third-order valence-corrected chi connectivity index (χ3v) is 4.71. The Bertz CT molecular complexity index is 930. The van der Waals surface area contributed by atoms with E-state index in [1.807, 2.05) is 0 Å². The van der Waals surface area contributed by atoms with E-state index in [9.17, 15) is 18.0 Å². The van der Waals surface area contributed by atoms with Gasteiger partial charge in [-0.3, -0.25) is 4.40 Å². The zero-order chi connectivity index (χ0) is 16.9. The number of aryl methyl sites for hydroxylation is 1. The lowest BCUT2D eigenvalue weighted by Gasteiger charge is -2.06. The number of fused-ring (bicyclic) bond motifs is 1. The molecule has 0 saturated carbocycles. The van der Waals surface area contributed by atoms with E-state index in [2.05, 4.69) is 4.98 Å². The second kappa shape index (κ2) is 5.24. The van der Waals surface area contributed by atoms with Gasteiger partial charge in [-0.2, -0.15) is 13.2 Å². The Morgan fingerprint density at radius 1 is 1.39 bits per heavy atom. The van der Waals surface area contributed by atoms with Crippen LogP contribution in [0.15, 0.2) is 24.4 Å². The van der Waals surface area contributed by atoms with E-state index in [4.69, 9.17) is 16.7 Å². The molecule has 2 aromatic heterocycles. The van der Waals surface area contributed by atoms with Gasteiger partial charge in [-0.1, -0.05) is 29.0 Å². The minimum atomic E-state index is -4.79. The van der Waals surface area contributed by atoms with E-state index < -0.39 is 22.7 Å². The summed E-state index contributed by atoms with van der Waals surface area (Å²) in [6.45, 7) is 1.77. The fraction of sp³-hybridized carbons (Fsp3) is 0.143. The fourth-order valence-electron chi connectivity index (χ4n) is 2.20. The molecule has 1 aromatic carbocycles. The number of carboxylic acid groups (broad SMARTS) is 1. The first-order valence-electron chi connectivity index (χ1n) is 6.27. The van der Waals surface area contributed by atoms with Crippen molar-refractivity contribution in [1.29, 1.82) is 0 Å². The number of halogens is 4. The summed E-state index contributed by atoms with van der Waals surface area (Å²) in [7, 11) is 0. The summed E-state index contributed by atoms with van der Waals surface area (Å²) in [5, 5.41) is 9.50. The molecule has 1 N–H and O–H groups in total. The molecule has 0 bridgehead atoms. The molecule has 0 aliphatic heterocycles. The number of benzene rings is 1. The topological polar surface area (TPSA) is 54.6 Å². The van der Waals surface area contributed by atoms with Crippen LogP contribution in [0.25, 0.3) is 16.2 Å². The summed E-state index contributed by atoms with van der Waals surface area (Å²) in [5.41, 5.74) is 0.462. The lowest BCUT2D eigenvalue weighted by atomic mass is 10.1. The Hall–Kier alpha value is -2.06. The molecule has 23 heavy (non-hydrogen) atoms. The second-order valence-electron chi connectivity index (χ2n) is 4.83. The maximum atomic E-state index is 13.2. The van der Waals surface area contributed by atoms with Crippen LogP contribution in [-0.4, -0.2) is 20.5 Å². The molecule has 0 unspecified atom stereocenters. The van der Waals surface area contributed by atoms with Gasteiger partial charge in [-0.15, -0.1) is 0 Å². The molecule has 3 aromatic rings. The average molecular weight is 361 g/mol. The number of hydrogen-bond acceptors (Lipinski definition) is 3. The molecule has 120 valence electrons. The van der Waals surface area contributed by atoms with Gasteiger partial charge in [-0.05, 0) is 24.6 Å². The maximum Gasteiger partial charge on any atom is 0.433 e. The predicted octanol–water partition coefficient (Wildman–Crippen LogP) is 4.74. The van der Waals surface area contributed by atoms with Gasteiger partial charge < -0.3 is 5.11 Å². The molecule has 9 heteroatoms. The molecule has 0 fully saturated rings. The minimum Gasteiger partial charge on any atom is -0.477 e. The van der Waals surface area contributed by atoms with E-state index in [-0.39, 0.29) is 4.96 Å². The van der Waals surface area contributed by atoms with Crippen LogP contribution in [0.4, 0.5) is 13.2 Å². The molecule has 0 aliphatic rings. The summed E-state index contributed by atoms with van der Waals surface area (Å²) in [6.07, 6.45) is -3.61. The molecule has 4 nitrogen and oxygen atoms in total. The third-order valence-electron chi connectivity index (χ3n) is 3.24. The number of hydrogen-bond donors (Lipinski definition) is 1. The highest BCUT2D eigenvalue weighted by Crippen LogP contribution is 2.38. The first-order valence-corrected chi connectivity index (χ1v) is 7.47. The van der Waals surface area contributed by atoms with Crippen LogP contribution in [0, 0.1) is 6.92 Å². The molecule has 0 saturated heterocycles. The normalized spacial score (nSPS) is 12.0. The number of thiazole rings is 1. The van der Waals surface area contributed by atoms with E-state index in [1.165, 1.54) is 6.20 Å². The summed E-state index contributed by atoms with van der Waals surface area (Å²) in [4.78, 5) is 14.3. The number of alkyl halides is 3. The van der Waals surface area contributed by atoms with Gasteiger partial charge >= 0.3 is 12.1 Å². The largest absolute Gasteiger partial charge is 0.477 e.